The molecule has 178 valence electrons. The molecule has 35 heavy (non-hydrogen) atoms. The summed E-state index contributed by atoms with van der Waals surface area (Å²) >= 11 is 0. The number of halogens is 3. The molecule has 0 bridgehead atoms. The summed E-state index contributed by atoms with van der Waals surface area (Å²) in [5.41, 5.74) is 1.30. The van der Waals surface area contributed by atoms with Crippen molar-refractivity contribution in [3.8, 4) is 17.6 Å². The van der Waals surface area contributed by atoms with E-state index in [1.807, 2.05) is 12.3 Å². The zero-order valence-electron chi connectivity index (χ0n) is 18.7. The van der Waals surface area contributed by atoms with Crippen LogP contribution in [0.3, 0.4) is 0 Å². The van der Waals surface area contributed by atoms with Crippen molar-refractivity contribution in [1.29, 1.82) is 5.26 Å². The van der Waals surface area contributed by atoms with E-state index in [2.05, 4.69) is 10.1 Å². The van der Waals surface area contributed by atoms with E-state index in [1.54, 1.807) is 48.4 Å². The smallest absolute Gasteiger partial charge is 0.416 e. The van der Waals surface area contributed by atoms with Crippen LogP contribution in [-0.4, -0.2) is 19.3 Å². The topological polar surface area (TPSA) is 85.7 Å². The van der Waals surface area contributed by atoms with Crippen molar-refractivity contribution in [2.24, 2.45) is 7.05 Å². The van der Waals surface area contributed by atoms with E-state index in [0.29, 0.717) is 25.1 Å². The second-order valence-electron chi connectivity index (χ2n) is 7.92. The first kappa shape index (κ1) is 23.8. The van der Waals surface area contributed by atoms with Crippen LogP contribution in [0, 0.1) is 11.3 Å². The Kier molecular flexibility index (Phi) is 6.68. The first-order valence-electron chi connectivity index (χ1n) is 10.6. The number of aromatic nitrogens is 4. The van der Waals surface area contributed by atoms with Crippen LogP contribution in [0.15, 0.2) is 71.9 Å². The Labute approximate surface area is 198 Å². The lowest BCUT2D eigenvalue weighted by atomic mass is 10.0. The highest BCUT2D eigenvalue weighted by atomic mass is 19.4. The molecule has 2 heterocycles. The van der Waals surface area contributed by atoms with Gasteiger partial charge in [0.25, 0.3) is 0 Å². The van der Waals surface area contributed by atoms with Crippen molar-refractivity contribution in [3.05, 3.63) is 106 Å². The maximum atomic E-state index is 12.9. The highest BCUT2D eigenvalue weighted by Gasteiger charge is 2.30. The van der Waals surface area contributed by atoms with Gasteiger partial charge in [-0.25, -0.2) is 4.79 Å². The van der Waals surface area contributed by atoms with Gasteiger partial charge in [-0.2, -0.15) is 28.5 Å². The van der Waals surface area contributed by atoms with Gasteiger partial charge in [-0.3, -0.25) is 9.25 Å². The normalized spacial score (nSPS) is 11.3. The molecule has 0 aliphatic carbocycles. The number of nitriles is 1. The van der Waals surface area contributed by atoms with E-state index in [9.17, 15) is 23.2 Å². The molecule has 0 saturated heterocycles. The SMILES string of the molecule is Cn1cc(Cn2ccc(CCc3ccc(Oc4cccc(C(F)(F)F)c4)c(C#N)c3)nc2=O)cn1. The number of hydrogen-bond donors (Lipinski definition) is 0. The van der Waals surface area contributed by atoms with E-state index in [0.717, 1.165) is 23.3 Å². The molecule has 0 aliphatic heterocycles. The second-order valence-corrected chi connectivity index (χ2v) is 7.92. The number of nitrogens with zero attached hydrogens (tertiary/aromatic N) is 5. The van der Waals surface area contributed by atoms with E-state index in [-0.39, 0.29) is 22.8 Å². The number of aryl methyl sites for hydroxylation is 3. The quantitative estimate of drug-likeness (QED) is 0.390. The average Bonchev–Trinajstić information content (AvgIpc) is 3.24. The maximum Gasteiger partial charge on any atom is 0.416 e. The highest BCUT2D eigenvalue weighted by Crippen LogP contribution is 2.33. The van der Waals surface area contributed by atoms with Gasteiger partial charge in [-0.05, 0) is 54.8 Å². The molecule has 2 aromatic heterocycles. The first-order chi connectivity index (χ1) is 16.7. The van der Waals surface area contributed by atoms with E-state index in [1.165, 1.54) is 16.7 Å². The van der Waals surface area contributed by atoms with Crippen LogP contribution < -0.4 is 10.4 Å². The number of hydrogen-bond acceptors (Lipinski definition) is 5. The third-order valence-electron chi connectivity index (χ3n) is 5.27. The van der Waals surface area contributed by atoms with Gasteiger partial charge < -0.3 is 4.74 Å². The number of alkyl halides is 3. The molecular weight excluding hydrogens is 459 g/mol. The minimum absolute atomic E-state index is 0.0138. The lowest BCUT2D eigenvalue weighted by molar-refractivity contribution is -0.137. The summed E-state index contributed by atoms with van der Waals surface area (Å²) in [5.74, 6) is 0.145. The summed E-state index contributed by atoms with van der Waals surface area (Å²) in [6.45, 7) is 0.374. The Bertz CT molecular complexity index is 1450. The summed E-state index contributed by atoms with van der Waals surface area (Å²) in [5, 5.41) is 13.6. The fraction of sp³-hybridized carbons (Fsp3) is 0.200. The summed E-state index contributed by atoms with van der Waals surface area (Å²) in [6, 6.07) is 13.2. The first-order valence-corrected chi connectivity index (χ1v) is 10.6. The zero-order valence-corrected chi connectivity index (χ0v) is 18.7. The molecular formula is C25H20F3N5O2. The van der Waals surface area contributed by atoms with Crippen molar-refractivity contribution in [1.82, 2.24) is 19.3 Å². The maximum absolute atomic E-state index is 12.9. The van der Waals surface area contributed by atoms with E-state index >= 15 is 0 Å². The van der Waals surface area contributed by atoms with Crippen LogP contribution in [0.5, 0.6) is 11.5 Å². The van der Waals surface area contributed by atoms with Crippen molar-refractivity contribution in [2.45, 2.75) is 25.6 Å². The summed E-state index contributed by atoms with van der Waals surface area (Å²) in [6.07, 6.45) is 1.69. The molecule has 0 radical (unpaired) electrons. The van der Waals surface area contributed by atoms with Crippen molar-refractivity contribution in [3.63, 3.8) is 0 Å². The Morgan fingerprint density at radius 3 is 2.60 bits per heavy atom. The lowest BCUT2D eigenvalue weighted by Crippen LogP contribution is -2.24. The standard InChI is InChI=1S/C25H20F3N5O2/c1-32-15-18(14-30-32)16-33-10-9-21(31-24(33)34)7-5-17-6-8-23(19(11-17)13-29)35-22-4-2-3-20(12-22)25(26,27)28/h2-4,6,8-12,14-15H,5,7,16H2,1H3. The van der Waals surface area contributed by atoms with Crippen LogP contribution in [0.1, 0.15) is 27.9 Å². The lowest BCUT2D eigenvalue weighted by Gasteiger charge is -2.12. The number of ether oxygens (including phenoxy) is 1. The van der Waals surface area contributed by atoms with E-state index < -0.39 is 11.7 Å². The fourth-order valence-electron chi connectivity index (χ4n) is 3.52. The molecule has 4 aromatic rings. The van der Waals surface area contributed by atoms with Gasteiger partial charge in [-0.15, -0.1) is 0 Å². The summed E-state index contributed by atoms with van der Waals surface area (Å²) in [7, 11) is 1.80. The third kappa shape index (κ3) is 5.95. The van der Waals surface area contributed by atoms with Gasteiger partial charge in [0.1, 0.15) is 17.6 Å². The van der Waals surface area contributed by atoms with Crippen LogP contribution >= 0.6 is 0 Å². The van der Waals surface area contributed by atoms with Gasteiger partial charge in [0.2, 0.25) is 0 Å². The molecule has 0 N–H and O–H groups in total. The zero-order chi connectivity index (χ0) is 25.0. The molecule has 7 nitrogen and oxygen atoms in total. The van der Waals surface area contributed by atoms with Crippen LogP contribution in [-0.2, 0) is 32.6 Å². The molecule has 0 saturated carbocycles. The molecule has 2 aromatic carbocycles. The van der Waals surface area contributed by atoms with Crippen LogP contribution in [0.2, 0.25) is 0 Å². The van der Waals surface area contributed by atoms with Crippen molar-refractivity contribution in [2.75, 3.05) is 0 Å². The minimum Gasteiger partial charge on any atom is -0.456 e. The monoisotopic (exact) mass is 479 g/mol. The Hall–Kier alpha value is -4.39. The molecule has 4 rings (SSSR count). The second kappa shape index (κ2) is 9.85. The molecule has 0 unspecified atom stereocenters. The Morgan fingerprint density at radius 2 is 1.91 bits per heavy atom. The van der Waals surface area contributed by atoms with Crippen molar-refractivity contribution < 1.29 is 17.9 Å². The van der Waals surface area contributed by atoms with E-state index in [4.69, 9.17) is 4.74 Å². The fourth-order valence-corrected chi connectivity index (χ4v) is 3.52. The highest BCUT2D eigenvalue weighted by molar-refractivity contribution is 5.48. The molecule has 0 aliphatic rings. The third-order valence-corrected chi connectivity index (χ3v) is 5.27. The number of benzene rings is 2. The molecule has 10 heteroatoms. The predicted octanol–water partition coefficient (Wildman–Crippen LogP) is 4.49. The van der Waals surface area contributed by atoms with Gasteiger partial charge in [0, 0.05) is 30.7 Å². The summed E-state index contributed by atoms with van der Waals surface area (Å²) < 4.78 is 47.5. The Morgan fingerprint density at radius 1 is 1.09 bits per heavy atom. The van der Waals surface area contributed by atoms with Crippen LogP contribution in [0.4, 0.5) is 13.2 Å². The molecule has 0 fully saturated rings. The Balaban J connectivity index is 1.43. The predicted molar refractivity (Wildman–Crippen MR) is 121 cm³/mol. The average molecular weight is 479 g/mol. The van der Waals surface area contributed by atoms with Crippen LogP contribution in [0.25, 0.3) is 0 Å². The van der Waals surface area contributed by atoms with Gasteiger partial charge in [0.15, 0.2) is 0 Å². The molecule has 0 amide bonds. The van der Waals surface area contributed by atoms with Gasteiger partial charge in [0.05, 0.1) is 23.9 Å². The molecule has 0 spiro atoms. The largest absolute Gasteiger partial charge is 0.456 e. The van der Waals surface area contributed by atoms with Crippen molar-refractivity contribution >= 4 is 0 Å². The molecule has 0 atom stereocenters. The van der Waals surface area contributed by atoms with Gasteiger partial charge in [-0.1, -0.05) is 12.1 Å². The van der Waals surface area contributed by atoms with Gasteiger partial charge >= 0.3 is 11.9 Å². The minimum atomic E-state index is -4.49. The summed E-state index contributed by atoms with van der Waals surface area (Å²) in [4.78, 5) is 16.5. The number of rotatable bonds is 7.